The maximum Gasteiger partial charge on any atom is 0.341 e. The molecule has 0 spiro atoms. The van der Waals surface area contributed by atoms with Gasteiger partial charge in [-0.05, 0) is 70.3 Å². The van der Waals surface area contributed by atoms with Gasteiger partial charge in [0.05, 0.1) is 33.9 Å². The Labute approximate surface area is 237 Å². The van der Waals surface area contributed by atoms with Crippen LogP contribution in [0.3, 0.4) is 0 Å². The van der Waals surface area contributed by atoms with Gasteiger partial charge in [0.25, 0.3) is 17.4 Å². The molecule has 3 aromatic heterocycles. The Kier molecular flexibility index (Phi) is 8.50. The number of rotatable bonds is 8. The molecule has 3 N–H and O–H groups in total. The Morgan fingerprint density at radius 3 is 2.31 bits per heavy atom. The lowest BCUT2D eigenvalue weighted by atomic mass is 10.1. The summed E-state index contributed by atoms with van der Waals surface area (Å²) in [4.78, 5) is 62.2. The van der Waals surface area contributed by atoms with Crippen LogP contribution in [0, 0.1) is 13.8 Å². The van der Waals surface area contributed by atoms with Crippen LogP contribution >= 0.6 is 34.3 Å². The minimum atomic E-state index is -0.661. The summed E-state index contributed by atoms with van der Waals surface area (Å²) in [5.74, 6) is -1.15. The van der Waals surface area contributed by atoms with Crippen LogP contribution < -0.4 is 16.2 Å². The van der Waals surface area contributed by atoms with Crippen LogP contribution in [0.2, 0.25) is 5.02 Å². The number of nitrogens with one attached hydrogen (secondary N) is 3. The number of benzene rings is 1. The second-order valence-electron chi connectivity index (χ2n) is 8.88. The number of anilines is 2. The fraction of sp³-hybridized carbons (Fsp3) is 0.269. The van der Waals surface area contributed by atoms with E-state index in [2.05, 4.69) is 20.6 Å². The molecule has 13 heteroatoms. The first kappa shape index (κ1) is 28.4. The summed E-state index contributed by atoms with van der Waals surface area (Å²) in [7, 11) is 3.72. The molecule has 0 radical (unpaired) electrons. The summed E-state index contributed by atoms with van der Waals surface area (Å²) in [5.41, 5.74) is 1.14. The number of nitrogens with zero attached hydrogens (tertiary/aromatic N) is 2. The lowest BCUT2D eigenvalue weighted by Gasteiger charge is -2.07. The third kappa shape index (κ3) is 6.04. The third-order valence-electron chi connectivity index (χ3n) is 5.68. The normalized spacial score (nSPS) is 11.2. The molecule has 0 aliphatic carbocycles. The van der Waals surface area contributed by atoms with Crippen LogP contribution in [0.15, 0.2) is 29.1 Å². The Balaban J connectivity index is 1.69. The van der Waals surface area contributed by atoms with Gasteiger partial charge in [0.15, 0.2) is 0 Å². The molecular formula is C26H26ClN5O5S2. The van der Waals surface area contributed by atoms with Crippen molar-refractivity contribution in [3.8, 4) is 0 Å². The number of carbonyl (C=O) groups is 3. The van der Waals surface area contributed by atoms with E-state index in [1.807, 2.05) is 19.0 Å². The fourth-order valence-corrected chi connectivity index (χ4v) is 6.23. The smallest absolute Gasteiger partial charge is 0.341 e. The highest BCUT2D eigenvalue weighted by Crippen LogP contribution is 2.36. The molecule has 0 aliphatic heterocycles. The molecule has 10 nitrogen and oxygen atoms in total. The molecular weight excluding hydrogens is 562 g/mol. The standard InChI is InChI=1S/C26H26ClN5O5S2/c1-6-37-26(36)18-13(3)20(22(34)28-15-9-7-14(27)8-10-15)39-25(18)31-23(35)19-12(2)17-21(33)29-16(11-32(4)5)30-24(17)38-19/h7-10H,6,11H2,1-5H3,(H,28,34)(H,31,35)(H,29,30,33). The lowest BCUT2D eigenvalue weighted by Crippen LogP contribution is -2.18. The van der Waals surface area contributed by atoms with E-state index >= 15 is 0 Å². The van der Waals surface area contributed by atoms with Crippen molar-refractivity contribution < 1.29 is 19.1 Å². The first-order valence-corrected chi connectivity index (χ1v) is 13.9. The highest BCUT2D eigenvalue weighted by atomic mass is 35.5. The van der Waals surface area contributed by atoms with E-state index in [0.29, 0.717) is 44.4 Å². The van der Waals surface area contributed by atoms with E-state index in [-0.39, 0.29) is 32.5 Å². The maximum atomic E-state index is 13.4. The molecule has 0 saturated heterocycles. The van der Waals surface area contributed by atoms with Gasteiger partial charge in [-0.25, -0.2) is 9.78 Å². The average molecular weight is 588 g/mol. The molecule has 204 valence electrons. The molecule has 0 fully saturated rings. The van der Waals surface area contributed by atoms with Crippen molar-refractivity contribution in [2.24, 2.45) is 0 Å². The van der Waals surface area contributed by atoms with E-state index in [1.54, 1.807) is 45.0 Å². The van der Waals surface area contributed by atoms with E-state index in [9.17, 15) is 19.2 Å². The zero-order chi connectivity index (χ0) is 28.4. The van der Waals surface area contributed by atoms with Gasteiger partial charge in [-0.2, -0.15) is 0 Å². The maximum absolute atomic E-state index is 13.4. The first-order chi connectivity index (χ1) is 18.5. The number of halogens is 1. The van der Waals surface area contributed by atoms with E-state index < -0.39 is 17.8 Å². The van der Waals surface area contributed by atoms with Crippen molar-refractivity contribution >= 4 is 73.0 Å². The number of aryl methyl sites for hydroxylation is 1. The number of aromatic amines is 1. The molecule has 0 unspecified atom stereocenters. The number of amides is 2. The molecule has 4 aromatic rings. The van der Waals surface area contributed by atoms with Gasteiger partial charge in [-0.1, -0.05) is 11.6 Å². The molecule has 2 amide bonds. The van der Waals surface area contributed by atoms with Crippen LogP contribution in [0.4, 0.5) is 10.7 Å². The largest absolute Gasteiger partial charge is 0.462 e. The van der Waals surface area contributed by atoms with Crippen molar-refractivity contribution in [2.75, 3.05) is 31.3 Å². The predicted molar refractivity (Wildman–Crippen MR) is 155 cm³/mol. The van der Waals surface area contributed by atoms with Gasteiger partial charge in [0, 0.05) is 10.7 Å². The number of hydrogen-bond donors (Lipinski definition) is 3. The lowest BCUT2D eigenvalue weighted by molar-refractivity contribution is 0.0527. The van der Waals surface area contributed by atoms with Gasteiger partial charge in [0.2, 0.25) is 0 Å². The number of ether oxygens (including phenoxy) is 1. The minimum absolute atomic E-state index is 0.0967. The molecule has 4 rings (SSSR count). The number of thiophene rings is 2. The Morgan fingerprint density at radius 1 is 1.03 bits per heavy atom. The van der Waals surface area contributed by atoms with Crippen molar-refractivity contribution in [2.45, 2.75) is 27.3 Å². The third-order valence-corrected chi connectivity index (χ3v) is 8.33. The highest BCUT2D eigenvalue weighted by Gasteiger charge is 2.28. The van der Waals surface area contributed by atoms with Crippen LogP contribution in [-0.4, -0.2) is 53.4 Å². The second-order valence-corrected chi connectivity index (χ2v) is 11.3. The summed E-state index contributed by atoms with van der Waals surface area (Å²) in [6.45, 7) is 5.51. The summed E-state index contributed by atoms with van der Waals surface area (Å²) >= 11 is 7.98. The zero-order valence-electron chi connectivity index (χ0n) is 21.9. The zero-order valence-corrected chi connectivity index (χ0v) is 24.2. The number of carbonyl (C=O) groups excluding carboxylic acids is 3. The van der Waals surface area contributed by atoms with E-state index in [4.69, 9.17) is 16.3 Å². The second kappa shape index (κ2) is 11.7. The Hall–Kier alpha value is -3.58. The molecule has 0 atom stereocenters. The van der Waals surface area contributed by atoms with Crippen LogP contribution in [0.5, 0.6) is 0 Å². The van der Waals surface area contributed by atoms with Gasteiger partial charge < -0.3 is 25.3 Å². The van der Waals surface area contributed by atoms with Crippen molar-refractivity contribution in [1.82, 2.24) is 14.9 Å². The predicted octanol–water partition coefficient (Wildman–Crippen LogP) is 5.06. The van der Waals surface area contributed by atoms with E-state index in [0.717, 1.165) is 22.7 Å². The Morgan fingerprint density at radius 2 is 1.67 bits per heavy atom. The molecule has 0 aliphatic rings. The number of aromatic nitrogens is 2. The van der Waals surface area contributed by atoms with E-state index in [1.165, 1.54) is 0 Å². The SMILES string of the molecule is CCOC(=O)c1c(NC(=O)c2sc3nc(CN(C)C)[nH]c(=O)c3c2C)sc(C(=O)Nc2ccc(Cl)cc2)c1C. The molecule has 1 aromatic carbocycles. The molecule has 0 bridgehead atoms. The molecule has 39 heavy (non-hydrogen) atoms. The van der Waals surface area contributed by atoms with Gasteiger partial charge in [-0.15, -0.1) is 22.7 Å². The number of hydrogen-bond acceptors (Lipinski definition) is 9. The Bertz CT molecular complexity index is 1640. The quantitative estimate of drug-likeness (QED) is 0.245. The van der Waals surface area contributed by atoms with Gasteiger partial charge in [0.1, 0.15) is 15.7 Å². The van der Waals surface area contributed by atoms with Crippen LogP contribution in [-0.2, 0) is 11.3 Å². The summed E-state index contributed by atoms with van der Waals surface area (Å²) in [5, 5.41) is 6.57. The van der Waals surface area contributed by atoms with Crippen LogP contribution in [0.25, 0.3) is 10.2 Å². The highest BCUT2D eigenvalue weighted by molar-refractivity contribution is 7.21. The minimum Gasteiger partial charge on any atom is -0.462 e. The average Bonchev–Trinajstić information content (AvgIpc) is 3.36. The summed E-state index contributed by atoms with van der Waals surface area (Å²) in [6, 6.07) is 6.60. The molecule has 3 heterocycles. The fourth-order valence-electron chi connectivity index (χ4n) is 3.93. The number of fused-ring (bicyclic) bond motifs is 1. The molecule has 0 saturated carbocycles. The number of esters is 1. The van der Waals surface area contributed by atoms with Crippen molar-refractivity contribution in [1.29, 1.82) is 0 Å². The monoisotopic (exact) mass is 587 g/mol. The summed E-state index contributed by atoms with van der Waals surface area (Å²) in [6.07, 6.45) is 0. The van der Waals surface area contributed by atoms with Crippen LogP contribution in [0.1, 0.15) is 53.6 Å². The summed E-state index contributed by atoms with van der Waals surface area (Å²) < 4.78 is 5.21. The number of H-pyrrole nitrogens is 1. The first-order valence-electron chi connectivity index (χ1n) is 11.9. The van der Waals surface area contributed by atoms with Crippen molar-refractivity contribution in [3.05, 3.63) is 71.9 Å². The topological polar surface area (TPSA) is 133 Å². The van der Waals surface area contributed by atoms with Gasteiger partial charge in [-0.3, -0.25) is 14.4 Å². The van der Waals surface area contributed by atoms with Crippen molar-refractivity contribution in [3.63, 3.8) is 0 Å². The van der Waals surface area contributed by atoms with Gasteiger partial charge >= 0.3 is 5.97 Å².